The molecule has 1 heterocycles. The Morgan fingerprint density at radius 3 is 2.67 bits per heavy atom. The summed E-state index contributed by atoms with van der Waals surface area (Å²) >= 11 is 0. The molecule has 1 unspecified atom stereocenters. The summed E-state index contributed by atoms with van der Waals surface area (Å²) in [6, 6.07) is 15.3. The summed E-state index contributed by atoms with van der Waals surface area (Å²) in [6.07, 6.45) is 1.89. The van der Waals surface area contributed by atoms with Crippen molar-refractivity contribution in [2.75, 3.05) is 19.8 Å². The van der Waals surface area contributed by atoms with Gasteiger partial charge >= 0.3 is 0 Å². The lowest BCUT2D eigenvalue weighted by molar-refractivity contribution is -0.0529. The summed E-state index contributed by atoms with van der Waals surface area (Å²) in [5.74, 6) is 0. The van der Waals surface area contributed by atoms with Gasteiger partial charge in [-0.25, -0.2) is 0 Å². The van der Waals surface area contributed by atoms with Crippen molar-refractivity contribution in [1.29, 1.82) is 0 Å². The molecule has 1 saturated heterocycles. The van der Waals surface area contributed by atoms with Crippen molar-refractivity contribution in [2.45, 2.75) is 32.1 Å². The lowest BCUT2D eigenvalue weighted by atomic mass is 9.96. The molecule has 0 radical (unpaired) electrons. The van der Waals surface area contributed by atoms with Crippen LogP contribution in [0.3, 0.4) is 0 Å². The molecule has 1 fully saturated rings. The Morgan fingerprint density at radius 1 is 1.10 bits per heavy atom. The Kier molecular flexibility index (Phi) is 4.86. The molecule has 3 rings (SSSR count). The molecule has 3 nitrogen and oxygen atoms in total. The van der Waals surface area contributed by atoms with E-state index in [1.54, 1.807) is 0 Å². The van der Waals surface area contributed by atoms with E-state index in [1.165, 1.54) is 16.3 Å². The molecular formula is C18H23NO2. The van der Waals surface area contributed by atoms with Crippen molar-refractivity contribution in [2.24, 2.45) is 0 Å². The summed E-state index contributed by atoms with van der Waals surface area (Å²) in [7, 11) is 0. The molecule has 0 spiro atoms. The first kappa shape index (κ1) is 14.5. The number of hydrogen-bond donors (Lipinski definition) is 1. The van der Waals surface area contributed by atoms with Crippen LogP contribution >= 0.6 is 0 Å². The third-order valence-electron chi connectivity index (χ3n) is 3.96. The summed E-state index contributed by atoms with van der Waals surface area (Å²) < 4.78 is 11.3. The number of benzene rings is 2. The van der Waals surface area contributed by atoms with Gasteiger partial charge in [0.2, 0.25) is 0 Å². The minimum atomic E-state index is -0.0849. The molecule has 1 N–H and O–H groups in total. The van der Waals surface area contributed by atoms with Crippen LogP contribution in [0, 0.1) is 0 Å². The first-order valence-corrected chi connectivity index (χ1v) is 7.82. The highest BCUT2D eigenvalue weighted by Crippen LogP contribution is 2.28. The molecule has 0 saturated carbocycles. The van der Waals surface area contributed by atoms with E-state index in [0.717, 1.165) is 19.4 Å². The Morgan fingerprint density at radius 2 is 1.86 bits per heavy atom. The maximum Gasteiger partial charge on any atom is 0.159 e. The van der Waals surface area contributed by atoms with Crippen LogP contribution in [-0.2, 0) is 9.47 Å². The normalized spacial score (nSPS) is 17.4. The Balaban J connectivity index is 1.89. The fourth-order valence-electron chi connectivity index (χ4n) is 2.93. The van der Waals surface area contributed by atoms with Gasteiger partial charge in [0.25, 0.3) is 0 Å². The van der Waals surface area contributed by atoms with Crippen LogP contribution in [-0.4, -0.2) is 26.0 Å². The maximum atomic E-state index is 5.63. The third kappa shape index (κ3) is 3.43. The van der Waals surface area contributed by atoms with Crippen molar-refractivity contribution < 1.29 is 9.47 Å². The molecule has 3 heteroatoms. The molecule has 0 bridgehead atoms. The zero-order chi connectivity index (χ0) is 14.5. The van der Waals surface area contributed by atoms with E-state index in [1.807, 2.05) is 0 Å². The predicted molar refractivity (Wildman–Crippen MR) is 85.3 cm³/mol. The predicted octanol–water partition coefficient (Wildman–Crippen LogP) is 3.64. The Bertz CT molecular complexity index is 573. The minimum Gasteiger partial charge on any atom is -0.350 e. The van der Waals surface area contributed by atoms with Gasteiger partial charge in [-0.1, -0.05) is 49.4 Å². The monoisotopic (exact) mass is 285 g/mol. The number of hydrogen-bond acceptors (Lipinski definition) is 3. The fourth-order valence-corrected chi connectivity index (χ4v) is 2.93. The SMILES string of the molecule is CCCNC(CC1OCCO1)c1cccc2ccccc12. The maximum absolute atomic E-state index is 5.63. The highest BCUT2D eigenvalue weighted by molar-refractivity contribution is 5.86. The number of fused-ring (bicyclic) bond motifs is 1. The van der Waals surface area contributed by atoms with Crippen molar-refractivity contribution in [3.8, 4) is 0 Å². The smallest absolute Gasteiger partial charge is 0.159 e. The van der Waals surface area contributed by atoms with Gasteiger partial charge in [-0.05, 0) is 29.3 Å². The zero-order valence-corrected chi connectivity index (χ0v) is 12.5. The van der Waals surface area contributed by atoms with Crippen LogP contribution in [0.15, 0.2) is 42.5 Å². The lowest BCUT2D eigenvalue weighted by Crippen LogP contribution is -2.27. The van der Waals surface area contributed by atoms with Gasteiger partial charge in [0.1, 0.15) is 0 Å². The molecule has 2 aromatic rings. The molecule has 112 valence electrons. The average Bonchev–Trinajstić information content (AvgIpc) is 3.04. The summed E-state index contributed by atoms with van der Waals surface area (Å²) in [4.78, 5) is 0. The van der Waals surface area contributed by atoms with E-state index >= 15 is 0 Å². The number of ether oxygens (including phenoxy) is 2. The summed E-state index contributed by atoms with van der Waals surface area (Å²) in [6.45, 7) is 4.61. The van der Waals surface area contributed by atoms with Crippen molar-refractivity contribution in [1.82, 2.24) is 5.32 Å². The van der Waals surface area contributed by atoms with Crippen LogP contribution in [0.25, 0.3) is 10.8 Å². The molecular weight excluding hydrogens is 262 g/mol. The van der Waals surface area contributed by atoms with E-state index in [-0.39, 0.29) is 12.3 Å². The standard InChI is InChI=1S/C18H23NO2/c1-2-10-19-17(13-18-20-11-12-21-18)16-9-5-7-14-6-3-4-8-15(14)16/h3-9,17-19H,2,10-13H2,1H3. The van der Waals surface area contributed by atoms with Gasteiger partial charge in [-0.3, -0.25) is 0 Å². The van der Waals surface area contributed by atoms with E-state index in [2.05, 4.69) is 54.7 Å². The number of rotatable bonds is 6. The van der Waals surface area contributed by atoms with Crippen LogP contribution in [0.2, 0.25) is 0 Å². The largest absolute Gasteiger partial charge is 0.350 e. The highest BCUT2D eigenvalue weighted by Gasteiger charge is 2.23. The molecule has 0 aromatic heterocycles. The summed E-state index contributed by atoms with van der Waals surface area (Å²) in [5.41, 5.74) is 1.33. The van der Waals surface area contributed by atoms with Gasteiger partial charge < -0.3 is 14.8 Å². The molecule has 0 aliphatic carbocycles. The van der Waals surface area contributed by atoms with E-state index in [0.29, 0.717) is 13.2 Å². The van der Waals surface area contributed by atoms with Gasteiger partial charge in [0.15, 0.2) is 6.29 Å². The second-order valence-corrected chi connectivity index (χ2v) is 5.48. The van der Waals surface area contributed by atoms with Gasteiger partial charge in [-0.15, -0.1) is 0 Å². The van der Waals surface area contributed by atoms with E-state index in [9.17, 15) is 0 Å². The Labute approximate surface area is 126 Å². The molecule has 1 aliphatic heterocycles. The van der Waals surface area contributed by atoms with Crippen LogP contribution < -0.4 is 5.32 Å². The first-order chi connectivity index (χ1) is 10.4. The van der Waals surface area contributed by atoms with Crippen LogP contribution in [0.1, 0.15) is 31.4 Å². The minimum absolute atomic E-state index is 0.0849. The average molecular weight is 285 g/mol. The lowest BCUT2D eigenvalue weighted by Gasteiger charge is -2.23. The highest BCUT2D eigenvalue weighted by atomic mass is 16.7. The van der Waals surface area contributed by atoms with Gasteiger partial charge in [0, 0.05) is 12.5 Å². The van der Waals surface area contributed by atoms with Crippen molar-refractivity contribution >= 4 is 10.8 Å². The van der Waals surface area contributed by atoms with Crippen molar-refractivity contribution in [3.63, 3.8) is 0 Å². The van der Waals surface area contributed by atoms with Crippen molar-refractivity contribution in [3.05, 3.63) is 48.0 Å². The fraction of sp³-hybridized carbons (Fsp3) is 0.444. The quantitative estimate of drug-likeness (QED) is 0.879. The Hall–Kier alpha value is -1.42. The summed E-state index contributed by atoms with van der Waals surface area (Å²) in [5, 5.41) is 6.24. The van der Waals surface area contributed by atoms with E-state index in [4.69, 9.17) is 9.47 Å². The zero-order valence-electron chi connectivity index (χ0n) is 12.5. The molecule has 1 aliphatic rings. The third-order valence-corrected chi connectivity index (χ3v) is 3.96. The molecule has 1 atom stereocenters. The topological polar surface area (TPSA) is 30.5 Å². The van der Waals surface area contributed by atoms with Gasteiger partial charge in [-0.2, -0.15) is 0 Å². The molecule has 2 aromatic carbocycles. The second-order valence-electron chi connectivity index (χ2n) is 5.48. The van der Waals surface area contributed by atoms with E-state index < -0.39 is 0 Å². The number of nitrogens with one attached hydrogen (secondary N) is 1. The van der Waals surface area contributed by atoms with Crippen LogP contribution in [0.4, 0.5) is 0 Å². The van der Waals surface area contributed by atoms with Crippen LogP contribution in [0.5, 0.6) is 0 Å². The van der Waals surface area contributed by atoms with Gasteiger partial charge in [0.05, 0.1) is 13.2 Å². The first-order valence-electron chi connectivity index (χ1n) is 7.82. The molecule has 0 amide bonds. The second kappa shape index (κ2) is 7.03. The molecule has 21 heavy (non-hydrogen) atoms.